The predicted molar refractivity (Wildman–Crippen MR) is 59.4 cm³/mol. The van der Waals surface area contributed by atoms with Gasteiger partial charge in [-0.25, -0.2) is 0 Å². The molecule has 2 aliphatic carbocycles. The molecule has 0 saturated carbocycles. The van der Waals surface area contributed by atoms with E-state index in [9.17, 15) is 4.79 Å². The van der Waals surface area contributed by atoms with E-state index in [-0.39, 0.29) is 11.3 Å². The molecule has 0 atom stereocenters. The normalized spacial score (nSPS) is 19.0. The molecule has 0 bridgehead atoms. The molecule has 1 N–H and O–H groups in total. The quantitative estimate of drug-likeness (QED) is 0.641. The van der Waals surface area contributed by atoms with Crippen LogP contribution in [0.5, 0.6) is 0 Å². The van der Waals surface area contributed by atoms with Gasteiger partial charge in [0.05, 0.1) is 0 Å². The molecule has 2 nitrogen and oxygen atoms in total. The summed E-state index contributed by atoms with van der Waals surface area (Å²) in [6.45, 7) is 2.06. The van der Waals surface area contributed by atoms with Gasteiger partial charge in [0, 0.05) is 6.42 Å². The SMILES string of the molecule is CC1=C[CH]C(=C2C=CC(=O)C=C2)C=C1.[OH]. The van der Waals surface area contributed by atoms with Gasteiger partial charge >= 0.3 is 0 Å². The lowest BCUT2D eigenvalue weighted by Crippen LogP contribution is -1.96. The lowest BCUT2D eigenvalue weighted by atomic mass is 9.95. The Morgan fingerprint density at radius 1 is 0.867 bits per heavy atom. The van der Waals surface area contributed by atoms with E-state index in [2.05, 4.69) is 31.6 Å². The van der Waals surface area contributed by atoms with Gasteiger partial charge in [0.1, 0.15) is 0 Å². The van der Waals surface area contributed by atoms with Crippen LogP contribution in [0.25, 0.3) is 0 Å². The van der Waals surface area contributed by atoms with E-state index in [0.29, 0.717) is 0 Å². The summed E-state index contributed by atoms with van der Waals surface area (Å²) in [7, 11) is 0. The first-order chi connectivity index (χ1) is 6.75. The lowest BCUT2D eigenvalue weighted by Gasteiger charge is -2.09. The summed E-state index contributed by atoms with van der Waals surface area (Å²) in [5.74, 6) is 0.0564. The minimum absolute atomic E-state index is 0. The number of rotatable bonds is 0. The average molecular weight is 200 g/mol. The third-order valence-electron chi connectivity index (χ3n) is 2.24. The molecule has 0 unspecified atom stereocenters. The van der Waals surface area contributed by atoms with Crippen LogP contribution in [-0.2, 0) is 4.79 Å². The molecule has 2 aliphatic rings. The van der Waals surface area contributed by atoms with E-state index in [0.717, 1.165) is 11.1 Å². The number of hydrogen-bond donors (Lipinski definition) is 1. The zero-order valence-electron chi connectivity index (χ0n) is 8.47. The first kappa shape index (κ1) is 11.4. The molecule has 15 heavy (non-hydrogen) atoms. The van der Waals surface area contributed by atoms with Crippen molar-refractivity contribution in [3.63, 3.8) is 0 Å². The molecule has 0 aromatic heterocycles. The lowest BCUT2D eigenvalue weighted by molar-refractivity contribution is -0.110. The third kappa shape index (κ3) is 2.64. The zero-order chi connectivity index (χ0) is 9.97. The van der Waals surface area contributed by atoms with Gasteiger partial charge in [-0.15, -0.1) is 0 Å². The van der Waals surface area contributed by atoms with Crippen LogP contribution in [0.1, 0.15) is 6.92 Å². The van der Waals surface area contributed by atoms with Crippen molar-refractivity contribution in [3.8, 4) is 0 Å². The molecule has 0 aliphatic heterocycles. The molecule has 0 amide bonds. The van der Waals surface area contributed by atoms with Crippen LogP contribution < -0.4 is 0 Å². The minimum Gasteiger partial charge on any atom is -0.290 e. The summed E-state index contributed by atoms with van der Waals surface area (Å²) in [4.78, 5) is 10.9. The molecule has 76 valence electrons. The van der Waals surface area contributed by atoms with Gasteiger partial charge in [0.15, 0.2) is 5.78 Å². The third-order valence-corrected chi connectivity index (χ3v) is 2.24. The van der Waals surface area contributed by atoms with Crippen LogP contribution >= 0.6 is 0 Å². The number of allylic oxidation sites excluding steroid dienone is 10. The fraction of sp³-hybridized carbons (Fsp3) is 0.0769. The summed E-state index contributed by atoms with van der Waals surface area (Å²) >= 11 is 0. The van der Waals surface area contributed by atoms with Crippen molar-refractivity contribution in [2.75, 3.05) is 0 Å². The predicted octanol–water partition coefficient (Wildman–Crippen LogP) is 2.52. The Labute approximate surface area is 89.3 Å². The van der Waals surface area contributed by atoms with Crippen molar-refractivity contribution in [3.05, 3.63) is 65.7 Å². The van der Waals surface area contributed by atoms with Crippen molar-refractivity contribution in [2.24, 2.45) is 0 Å². The number of ketones is 1. The van der Waals surface area contributed by atoms with Gasteiger partial charge < -0.3 is 0 Å². The number of carbonyl (C=O) groups excluding carboxylic acids is 1. The Hall–Kier alpha value is -1.67. The van der Waals surface area contributed by atoms with Gasteiger partial charge in [0.2, 0.25) is 0 Å². The fourth-order valence-corrected chi connectivity index (χ4v) is 1.39. The van der Waals surface area contributed by atoms with E-state index in [4.69, 9.17) is 0 Å². The fourth-order valence-electron chi connectivity index (χ4n) is 1.39. The Morgan fingerprint density at radius 2 is 1.47 bits per heavy atom. The smallest absolute Gasteiger partial charge is 0.178 e. The van der Waals surface area contributed by atoms with E-state index in [1.54, 1.807) is 12.2 Å². The van der Waals surface area contributed by atoms with Crippen molar-refractivity contribution in [1.82, 2.24) is 0 Å². The van der Waals surface area contributed by atoms with Crippen molar-refractivity contribution in [2.45, 2.75) is 6.92 Å². The summed E-state index contributed by atoms with van der Waals surface area (Å²) in [6, 6.07) is 0. The molecular weight excluding hydrogens is 188 g/mol. The van der Waals surface area contributed by atoms with Crippen LogP contribution in [0, 0.1) is 6.42 Å². The Kier molecular flexibility index (Phi) is 3.58. The second kappa shape index (κ2) is 4.71. The number of hydrogen-bond acceptors (Lipinski definition) is 1. The van der Waals surface area contributed by atoms with Crippen LogP contribution in [0.4, 0.5) is 0 Å². The van der Waals surface area contributed by atoms with Crippen LogP contribution in [0.15, 0.2) is 59.3 Å². The maximum absolute atomic E-state index is 10.9. The highest BCUT2D eigenvalue weighted by Crippen LogP contribution is 2.20. The van der Waals surface area contributed by atoms with Crippen LogP contribution in [0.2, 0.25) is 0 Å². The first-order valence-electron chi connectivity index (χ1n) is 4.60. The van der Waals surface area contributed by atoms with E-state index >= 15 is 0 Å². The van der Waals surface area contributed by atoms with Gasteiger partial charge in [0.25, 0.3) is 0 Å². The van der Waals surface area contributed by atoms with Crippen LogP contribution in [0.3, 0.4) is 0 Å². The zero-order valence-corrected chi connectivity index (χ0v) is 8.47. The van der Waals surface area contributed by atoms with E-state index in [1.807, 2.05) is 12.2 Å². The number of carbonyl (C=O) groups is 1. The minimum atomic E-state index is 0. The van der Waals surface area contributed by atoms with Crippen molar-refractivity contribution in [1.29, 1.82) is 0 Å². The highest BCUT2D eigenvalue weighted by molar-refractivity contribution is 6.01. The van der Waals surface area contributed by atoms with Gasteiger partial charge in [-0.05, 0) is 30.2 Å². The van der Waals surface area contributed by atoms with E-state index in [1.165, 1.54) is 5.57 Å². The van der Waals surface area contributed by atoms with Gasteiger partial charge in [-0.2, -0.15) is 0 Å². The van der Waals surface area contributed by atoms with Crippen LogP contribution in [-0.4, -0.2) is 11.3 Å². The monoisotopic (exact) mass is 200 g/mol. The van der Waals surface area contributed by atoms with Crippen molar-refractivity contribution >= 4 is 5.78 Å². The highest BCUT2D eigenvalue weighted by Gasteiger charge is 2.05. The topological polar surface area (TPSA) is 47.1 Å². The first-order valence-corrected chi connectivity index (χ1v) is 4.60. The largest absolute Gasteiger partial charge is 0.290 e. The summed E-state index contributed by atoms with van der Waals surface area (Å²) in [5, 5.41) is 0. The second-order valence-corrected chi connectivity index (χ2v) is 3.39. The average Bonchev–Trinajstić information content (AvgIpc) is 2.21. The van der Waals surface area contributed by atoms with Gasteiger partial charge in [-0.1, -0.05) is 36.0 Å². The second-order valence-electron chi connectivity index (χ2n) is 3.39. The Morgan fingerprint density at radius 3 is 2.00 bits per heavy atom. The Balaban J connectivity index is 0.00000112. The summed E-state index contributed by atoms with van der Waals surface area (Å²) < 4.78 is 0. The molecule has 2 heteroatoms. The summed E-state index contributed by atoms with van der Waals surface area (Å²) in [5.41, 5.74) is 3.48. The molecule has 0 fully saturated rings. The molecular formula is C13H12O2. The molecule has 0 heterocycles. The standard InChI is InChI=1S/C13H11O.HO/c1-10-2-4-11(5-3-10)12-6-8-13(14)9-7-12;/h2-9H,1H3;1H. The summed E-state index contributed by atoms with van der Waals surface area (Å²) in [6.07, 6.45) is 15.2. The molecule has 0 aromatic carbocycles. The maximum atomic E-state index is 10.9. The molecule has 0 aromatic rings. The molecule has 0 spiro atoms. The Bertz CT molecular complexity index is 400. The molecule has 2 rings (SSSR count). The maximum Gasteiger partial charge on any atom is 0.178 e. The molecule has 2 radical (unpaired) electrons. The van der Waals surface area contributed by atoms with Gasteiger partial charge in [-0.3, -0.25) is 10.3 Å². The molecule has 0 saturated heterocycles. The highest BCUT2D eigenvalue weighted by atomic mass is 16.1. The van der Waals surface area contributed by atoms with E-state index < -0.39 is 0 Å². The van der Waals surface area contributed by atoms with Crippen molar-refractivity contribution < 1.29 is 10.3 Å².